The van der Waals surface area contributed by atoms with Gasteiger partial charge in [-0.25, -0.2) is 0 Å². The molecule has 0 radical (unpaired) electrons. The van der Waals surface area contributed by atoms with E-state index in [2.05, 4.69) is 120 Å². The molecule has 0 fully saturated rings. The molecule has 0 aliphatic heterocycles. The molecule has 0 atom stereocenters. The number of nitrogens with zero attached hydrogens (tertiary/aromatic N) is 3. The second-order valence-corrected chi connectivity index (χ2v) is 10.0. The summed E-state index contributed by atoms with van der Waals surface area (Å²) in [7, 11) is 0. The second kappa shape index (κ2) is 10.0. The third-order valence-corrected chi connectivity index (χ3v) is 7.68. The molecular weight excluding hydrogens is 498 g/mol. The molecule has 1 aromatic heterocycles. The Labute approximate surface area is 238 Å². The minimum absolute atomic E-state index is 0.489. The van der Waals surface area contributed by atoms with Crippen LogP contribution in [-0.2, 0) is 0 Å². The van der Waals surface area contributed by atoms with Crippen LogP contribution in [0.1, 0.15) is 11.1 Å². The molecule has 0 saturated heterocycles. The van der Waals surface area contributed by atoms with Crippen molar-refractivity contribution in [2.24, 2.45) is 0 Å². The Kier molecular flexibility index (Phi) is 5.90. The molecule has 0 unspecified atom stereocenters. The zero-order valence-electron chi connectivity index (χ0n) is 22.1. The van der Waals surface area contributed by atoms with E-state index < -0.39 is 0 Å². The maximum Gasteiger partial charge on any atom is 0.0998 e. The van der Waals surface area contributed by atoms with Gasteiger partial charge in [0, 0.05) is 22.0 Å². The van der Waals surface area contributed by atoms with E-state index in [1.807, 2.05) is 18.2 Å². The van der Waals surface area contributed by atoms with Gasteiger partial charge in [0.15, 0.2) is 0 Å². The first kappa shape index (κ1) is 24.2. The van der Waals surface area contributed by atoms with E-state index in [1.165, 1.54) is 5.56 Å². The Bertz CT molecular complexity index is 2130. The fourth-order valence-electron chi connectivity index (χ4n) is 5.77. The fourth-order valence-corrected chi connectivity index (χ4v) is 5.77. The lowest BCUT2D eigenvalue weighted by Crippen LogP contribution is -1.95. The molecule has 0 spiro atoms. The Morgan fingerprint density at radius 2 is 1.00 bits per heavy atom. The highest BCUT2D eigenvalue weighted by Crippen LogP contribution is 2.38. The summed E-state index contributed by atoms with van der Waals surface area (Å²) < 4.78 is 2.29. The van der Waals surface area contributed by atoms with Crippen LogP contribution in [0, 0.1) is 22.7 Å². The van der Waals surface area contributed by atoms with E-state index in [0.29, 0.717) is 16.7 Å². The van der Waals surface area contributed by atoms with Gasteiger partial charge in [0.05, 0.1) is 34.3 Å². The molecule has 190 valence electrons. The van der Waals surface area contributed by atoms with Crippen molar-refractivity contribution in [2.45, 2.75) is 0 Å². The van der Waals surface area contributed by atoms with Crippen LogP contribution in [0.4, 0.5) is 0 Å². The zero-order valence-corrected chi connectivity index (χ0v) is 22.1. The van der Waals surface area contributed by atoms with Crippen LogP contribution in [0.2, 0.25) is 0 Å². The molecule has 0 bridgehead atoms. The average Bonchev–Trinajstić information content (AvgIpc) is 3.38. The Hall–Kier alpha value is -5.90. The highest BCUT2D eigenvalue weighted by Gasteiger charge is 2.17. The fraction of sp³-hybridized carbons (Fsp3) is 0. The van der Waals surface area contributed by atoms with Gasteiger partial charge in [-0.3, -0.25) is 0 Å². The number of nitriles is 2. The summed E-state index contributed by atoms with van der Waals surface area (Å²) in [6.45, 7) is 0. The van der Waals surface area contributed by atoms with Crippen molar-refractivity contribution < 1.29 is 0 Å². The molecule has 6 aromatic carbocycles. The number of rotatable bonds is 4. The van der Waals surface area contributed by atoms with E-state index in [-0.39, 0.29) is 0 Å². The molecule has 7 aromatic rings. The summed E-state index contributed by atoms with van der Waals surface area (Å²) in [4.78, 5) is 0. The van der Waals surface area contributed by atoms with Crippen molar-refractivity contribution in [1.82, 2.24) is 4.57 Å². The van der Waals surface area contributed by atoms with Crippen LogP contribution < -0.4 is 0 Å². The van der Waals surface area contributed by atoms with Gasteiger partial charge in [0.2, 0.25) is 0 Å². The average molecular weight is 522 g/mol. The maximum absolute atomic E-state index is 9.87. The Morgan fingerprint density at radius 3 is 1.66 bits per heavy atom. The summed E-state index contributed by atoms with van der Waals surface area (Å²) in [5.74, 6) is 0. The smallest absolute Gasteiger partial charge is 0.0998 e. The van der Waals surface area contributed by atoms with Gasteiger partial charge in [0.25, 0.3) is 0 Å². The normalized spacial score (nSPS) is 10.9. The predicted octanol–water partition coefficient (Wildman–Crippen LogP) is 9.53. The molecule has 0 saturated carbocycles. The number of fused-ring (bicyclic) bond motifs is 3. The van der Waals surface area contributed by atoms with Crippen molar-refractivity contribution in [3.8, 4) is 51.2 Å². The summed E-state index contributed by atoms with van der Waals surface area (Å²) in [6.07, 6.45) is 0. The molecular formula is C38H23N3. The number of hydrogen-bond acceptors (Lipinski definition) is 2. The topological polar surface area (TPSA) is 52.5 Å². The van der Waals surface area contributed by atoms with Crippen molar-refractivity contribution in [2.75, 3.05) is 0 Å². The molecule has 0 N–H and O–H groups in total. The number of aromatic nitrogens is 1. The van der Waals surface area contributed by atoms with Gasteiger partial charge in [-0.1, -0.05) is 97.1 Å². The molecule has 0 aliphatic carbocycles. The lowest BCUT2D eigenvalue weighted by atomic mass is 9.94. The highest BCUT2D eigenvalue weighted by atomic mass is 15.0. The van der Waals surface area contributed by atoms with E-state index in [4.69, 9.17) is 0 Å². The first-order chi connectivity index (χ1) is 20.2. The zero-order chi connectivity index (χ0) is 27.8. The summed E-state index contributed by atoms with van der Waals surface area (Å²) in [5, 5.41) is 22.0. The van der Waals surface area contributed by atoms with Crippen molar-refractivity contribution in [3.63, 3.8) is 0 Å². The van der Waals surface area contributed by atoms with E-state index in [1.54, 1.807) is 18.2 Å². The SMILES string of the molecule is N#Cc1cccc(C#N)c1-c1ccc2c3cc(-c4ccccc4)ccc3n(-c3cccc(-c4ccccc4)c3)c2c1. The van der Waals surface area contributed by atoms with Crippen LogP contribution in [0.15, 0.2) is 140 Å². The van der Waals surface area contributed by atoms with E-state index in [0.717, 1.165) is 49.7 Å². The summed E-state index contributed by atoms with van der Waals surface area (Å²) >= 11 is 0. The molecule has 3 nitrogen and oxygen atoms in total. The van der Waals surface area contributed by atoms with Crippen LogP contribution in [0.25, 0.3) is 60.9 Å². The van der Waals surface area contributed by atoms with Gasteiger partial charge >= 0.3 is 0 Å². The van der Waals surface area contributed by atoms with Crippen molar-refractivity contribution in [1.29, 1.82) is 10.5 Å². The largest absolute Gasteiger partial charge is 0.309 e. The van der Waals surface area contributed by atoms with Gasteiger partial charge in [-0.05, 0) is 70.3 Å². The van der Waals surface area contributed by atoms with Crippen LogP contribution in [-0.4, -0.2) is 4.57 Å². The molecule has 0 aliphatic rings. The predicted molar refractivity (Wildman–Crippen MR) is 167 cm³/mol. The molecule has 7 rings (SSSR count). The quantitative estimate of drug-likeness (QED) is 0.232. The maximum atomic E-state index is 9.87. The number of hydrogen-bond donors (Lipinski definition) is 0. The van der Waals surface area contributed by atoms with Crippen molar-refractivity contribution >= 4 is 21.8 Å². The Balaban J connectivity index is 1.53. The molecule has 41 heavy (non-hydrogen) atoms. The summed E-state index contributed by atoms with van der Waals surface area (Å²) in [6, 6.07) is 52.1. The molecule has 1 heterocycles. The van der Waals surface area contributed by atoms with Crippen LogP contribution in [0.3, 0.4) is 0 Å². The Morgan fingerprint density at radius 1 is 0.415 bits per heavy atom. The molecule has 3 heteroatoms. The van der Waals surface area contributed by atoms with Crippen LogP contribution in [0.5, 0.6) is 0 Å². The van der Waals surface area contributed by atoms with Gasteiger partial charge in [-0.15, -0.1) is 0 Å². The third-order valence-electron chi connectivity index (χ3n) is 7.68. The first-order valence-electron chi connectivity index (χ1n) is 13.5. The first-order valence-corrected chi connectivity index (χ1v) is 13.5. The highest BCUT2D eigenvalue weighted by molar-refractivity contribution is 6.11. The monoisotopic (exact) mass is 521 g/mol. The number of benzene rings is 6. The standard InChI is InChI=1S/C38H23N3/c39-24-31-14-7-15-32(25-40)38(31)30-17-19-34-35-22-29(27-11-5-2-6-12-27)18-20-36(35)41(37(34)23-30)33-16-8-13-28(21-33)26-9-3-1-4-10-26/h1-23H. The van der Waals surface area contributed by atoms with Gasteiger partial charge in [0.1, 0.15) is 0 Å². The molecule has 0 amide bonds. The second-order valence-electron chi connectivity index (χ2n) is 10.0. The van der Waals surface area contributed by atoms with Crippen molar-refractivity contribution in [3.05, 3.63) is 151 Å². The lowest BCUT2D eigenvalue weighted by Gasteiger charge is -2.12. The van der Waals surface area contributed by atoms with Crippen LogP contribution >= 0.6 is 0 Å². The minimum atomic E-state index is 0.489. The lowest BCUT2D eigenvalue weighted by molar-refractivity contribution is 1.18. The van der Waals surface area contributed by atoms with E-state index in [9.17, 15) is 10.5 Å². The third kappa shape index (κ3) is 4.14. The van der Waals surface area contributed by atoms with Gasteiger partial charge < -0.3 is 4.57 Å². The van der Waals surface area contributed by atoms with E-state index >= 15 is 0 Å². The minimum Gasteiger partial charge on any atom is -0.309 e. The van der Waals surface area contributed by atoms with Gasteiger partial charge in [-0.2, -0.15) is 10.5 Å². The summed E-state index contributed by atoms with van der Waals surface area (Å²) in [5.41, 5.74) is 10.3.